The number of aryl methyl sites for hydroxylation is 1. The van der Waals surface area contributed by atoms with Crippen molar-refractivity contribution in [1.29, 1.82) is 0 Å². The van der Waals surface area contributed by atoms with Gasteiger partial charge in [-0.05, 0) is 52.8 Å². The van der Waals surface area contributed by atoms with Crippen LogP contribution in [0, 0.1) is 13.8 Å². The van der Waals surface area contributed by atoms with Gasteiger partial charge in [0.1, 0.15) is 18.4 Å². The van der Waals surface area contributed by atoms with Crippen molar-refractivity contribution in [2.45, 2.75) is 53.2 Å². The number of nitrogens with two attached hydrogens (primary N) is 1. The monoisotopic (exact) mass is 327 g/mol. The minimum absolute atomic E-state index is 0.309. The number of hydrogen-bond acceptors (Lipinski definition) is 2. The van der Waals surface area contributed by atoms with E-state index in [0.717, 1.165) is 18.1 Å². The average molecular weight is 327 g/mol. The maximum atomic E-state index is 5.50. The molecule has 24 heavy (non-hydrogen) atoms. The second kappa shape index (κ2) is 6.69. The molecule has 5 heteroatoms. The van der Waals surface area contributed by atoms with Gasteiger partial charge < -0.3 is 14.3 Å². The van der Waals surface area contributed by atoms with E-state index in [1.165, 1.54) is 17.0 Å². The van der Waals surface area contributed by atoms with Gasteiger partial charge in [-0.25, -0.2) is 4.68 Å². The van der Waals surface area contributed by atoms with E-state index in [1.54, 1.807) is 6.26 Å². The van der Waals surface area contributed by atoms with Gasteiger partial charge in [0.25, 0.3) is 0 Å². The van der Waals surface area contributed by atoms with E-state index in [0.29, 0.717) is 12.1 Å². The molecule has 128 valence electrons. The van der Waals surface area contributed by atoms with Gasteiger partial charge in [-0.3, -0.25) is 0 Å². The molecule has 0 saturated carbocycles. The number of aromatic nitrogens is 3. The zero-order valence-electron chi connectivity index (χ0n) is 15.2. The second-order valence-corrected chi connectivity index (χ2v) is 6.70. The van der Waals surface area contributed by atoms with Crippen LogP contribution < -0.4 is 5.32 Å². The summed E-state index contributed by atoms with van der Waals surface area (Å²) in [5, 5.41) is 6.78. The van der Waals surface area contributed by atoms with Crippen LogP contribution in [0.4, 0.5) is 0 Å². The molecule has 0 spiro atoms. The fourth-order valence-electron chi connectivity index (χ4n) is 3.24. The van der Waals surface area contributed by atoms with Crippen LogP contribution in [0.1, 0.15) is 55.6 Å². The first-order valence-electron chi connectivity index (χ1n) is 8.57. The highest BCUT2D eigenvalue weighted by atomic mass is 16.3. The zero-order chi connectivity index (χ0) is 17.3. The Morgan fingerprint density at radius 2 is 2.00 bits per heavy atom. The Morgan fingerprint density at radius 3 is 2.67 bits per heavy atom. The number of furan rings is 1. The number of quaternary nitrogens is 1. The lowest BCUT2D eigenvalue weighted by Gasteiger charge is -2.15. The van der Waals surface area contributed by atoms with Gasteiger partial charge in [-0.1, -0.05) is 0 Å². The summed E-state index contributed by atoms with van der Waals surface area (Å²) in [6.45, 7) is 11.8. The standard InChI is InChI=1S/C19H26N4O/c1-13(2)23-19(8-9-21-23)22-14(3)11-17(16(22)5)12-20-15(4)18-7-6-10-24-18/h6-11,13,15,20H,12H2,1-5H3/p+1/t15-/m0/s1. The smallest absolute Gasteiger partial charge is 0.160 e. The van der Waals surface area contributed by atoms with E-state index in [2.05, 4.69) is 66.4 Å². The SMILES string of the molecule is Cc1cc(C[NH2+][C@@H](C)c2ccco2)c(C)n1-c1ccnn1C(C)C. The van der Waals surface area contributed by atoms with Crippen LogP contribution in [0.15, 0.2) is 41.1 Å². The molecule has 0 unspecified atom stereocenters. The first-order valence-corrected chi connectivity index (χ1v) is 8.57. The molecule has 0 saturated heterocycles. The first-order chi connectivity index (χ1) is 11.5. The van der Waals surface area contributed by atoms with Gasteiger partial charge in [0.2, 0.25) is 0 Å². The van der Waals surface area contributed by atoms with Gasteiger partial charge in [-0.2, -0.15) is 5.10 Å². The van der Waals surface area contributed by atoms with Crippen molar-refractivity contribution in [1.82, 2.24) is 14.3 Å². The quantitative estimate of drug-likeness (QED) is 0.755. The van der Waals surface area contributed by atoms with E-state index in [4.69, 9.17) is 4.42 Å². The fourth-order valence-corrected chi connectivity index (χ4v) is 3.24. The largest absolute Gasteiger partial charge is 0.463 e. The molecule has 0 aromatic carbocycles. The molecule has 1 atom stereocenters. The van der Waals surface area contributed by atoms with Crippen molar-refractivity contribution < 1.29 is 9.73 Å². The van der Waals surface area contributed by atoms with Crippen LogP contribution in [0.2, 0.25) is 0 Å². The summed E-state index contributed by atoms with van der Waals surface area (Å²) >= 11 is 0. The number of hydrogen-bond donors (Lipinski definition) is 1. The molecule has 0 aliphatic rings. The van der Waals surface area contributed by atoms with E-state index >= 15 is 0 Å². The van der Waals surface area contributed by atoms with Crippen LogP contribution >= 0.6 is 0 Å². The molecule has 3 aromatic heterocycles. The molecule has 3 heterocycles. The van der Waals surface area contributed by atoms with Crippen molar-refractivity contribution in [2.24, 2.45) is 0 Å². The van der Waals surface area contributed by atoms with Crippen molar-refractivity contribution in [2.75, 3.05) is 0 Å². The number of rotatable bonds is 6. The van der Waals surface area contributed by atoms with Crippen molar-refractivity contribution in [3.8, 4) is 5.82 Å². The predicted octanol–water partition coefficient (Wildman–Crippen LogP) is 3.29. The molecular weight excluding hydrogens is 300 g/mol. The van der Waals surface area contributed by atoms with Crippen LogP contribution in [0.3, 0.4) is 0 Å². The first kappa shape index (κ1) is 16.6. The number of nitrogens with zero attached hydrogens (tertiary/aromatic N) is 3. The van der Waals surface area contributed by atoms with Gasteiger partial charge in [-0.15, -0.1) is 0 Å². The third-order valence-corrected chi connectivity index (χ3v) is 4.59. The summed E-state index contributed by atoms with van der Waals surface area (Å²) in [6.07, 6.45) is 3.61. The summed E-state index contributed by atoms with van der Waals surface area (Å²) in [6, 6.07) is 8.98. The Labute approximate surface area is 143 Å². The van der Waals surface area contributed by atoms with Gasteiger partial charge >= 0.3 is 0 Å². The minimum Gasteiger partial charge on any atom is -0.463 e. The lowest BCUT2D eigenvalue weighted by Crippen LogP contribution is -2.83. The van der Waals surface area contributed by atoms with Gasteiger partial charge in [0.05, 0.1) is 12.5 Å². The molecule has 0 radical (unpaired) electrons. The summed E-state index contributed by atoms with van der Waals surface area (Å²) < 4.78 is 9.86. The molecule has 0 aliphatic heterocycles. The Bertz CT molecular complexity index is 796. The van der Waals surface area contributed by atoms with Crippen LogP contribution in [-0.2, 0) is 6.54 Å². The third kappa shape index (κ3) is 3.04. The normalized spacial score (nSPS) is 12.9. The summed E-state index contributed by atoms with van der Waals surface area (Å²) in [4.78, 5) is 0. The highest BCUT2D eigenvalue weighted by molar-refractivity contribution is 5.36. The van der Waals surface area contributed by atoms with E-state index in [-0.39, 0.29) is 0 Å². The maximum absolute atomic E-state index is 5.50. The third-order valence-electron chi connectivity index (χ3n) is 4.59. The molecule has 0 bridgehead atoms. The summed E-state index contributed by atoms with van der Waals surface area (Å²) in [5.41, 5.74) is 3.86. The maximum Gasteiger partial charge on any atom is 0.160 e. The molecule has 3 rings (SSSR count). The van der Waals surface area contributed by atoms with Crippen LogP contribution in [-0.4, -0.2) is 14.3 Å². The molecule has 0 aliphatic carbocycles. The summed E-state index contributed by atoms with van der Waals surface area (Å²) in [5.74, 6) is 2.15. The Balaban J connectivity index is 1.83. The van der Waals surface area contributed by atoms with E-state index < -0.39 is 0 Å². The molecule has 5 nitrogen and oxygen atoms in total. The fraction of sp³-hybridized carbons (Fsp3) is 0.421. The van der Waals surface area contributed by atoms with Crippen LogP contribution in [0.25, 0.3) is 5.82 Å². The summed E-state index contributed by atoms with van der Waals surface area (Å²) in [7, 11) is 0. The van der Waals surface area contributed by atoms with E-state index in [1.807, 2.05) is 18.3 Å². The van der Waals surface area contributed by atoms with Gasteiger partial charge in [0, 0.05) is 29.1 Å². The molecule has 3 aromatic rings. The molecule has 2 N–H and O–H groups in total. The van der Waals surface area contributed by atoms with Crippen molar-refractivity contribution in [3.05, 3.63) is 59.4 Å². The van der Waals surface area contributed by atoms with Crippen molar-refractivity contribution in [3.63, 3.8) is 0 Å². The highest BCUT2D eigenvalue weighted by Crippen LogP contribution is 2.22. The lowest BCUT2D eigenvalue weighted by molar-refractivity contribution is -0.709. The van der Waals surface area contributed by atoms with Gasteiger partial charge in [0.15, 0.2) is 5.76 Å². The Kier molecular flexibility index (Phi) is 4.62. The topological polar surface area (TPSA) is 52.5 Å². The lowest BCUT2D eigenvalue weighted by atomic mass is 10.2. The minimum atomic E-state index is 0.309. The van der Waals surface area contributed by atoms with Crippen molar-refractivity contribution >= 4 is 0 Å². The highest BCUT2D eigenvalue weighted by Gasteiger charge is 2.18. The second-order valence-electron chi connectivity index (χ2n) is 6.70. The Hall–Kier alpha value is -2.27. The average Bonchev–Trinajstić information content (AvgIpc) is 3.25. The molecule has 0 amide bonds. The zero-order valence-corrected chi connectivity index (χ0v) is 15.2. The van der Waals surface area contributed by atoms with E-state index in [9.17, 15) is 0 Å². The Morgan fingerprint density at radius 1 is 1.21 bits per heavy atom. The molecular formula is C19H27N4O+. The van der Waals surface area contributed by atoms with Crippen LogP contribution in [0.5, 0.6) is 0 Å². The molecule has 0 fully saturated rings. The predicted molar refractivity (Wildman–Crippen MR) is 94.2 cm³/mol.